The molecule has 2 aliphatic rings. The molecule has 0 radical (unpaired) electrons. The third-order valence-corrected chi connectivity index (χ3v) is 6.09. The summed E-state index contributed by atoms with van der Waals surface area (Å²) in [5.74, 6) is 0.525. The van der Waals surface area contributed by atoms with Crippen LogP contribution < -0.4 is 10.2 Å². The van der Waals surface area contributed by atoms with Crippen molar-refractivity contribution < 1.29 is 22.7 Å². The number of imidazole rings is 1. The highest BCUT2D eigenvalue weighted by Crippen LogP contribution is 2.37. The molecule has 0 bridgehead atoms. The lowest BCUT2D eigenvalue weighted by Gasteiger charge is -2.37. The highest BCUT2D eigenvalue weighted by Gasteiger charge is 2.44. The summed E-state index contributed by atoms with van der Waals surface area (Å²) in [6.45, 7) is 1.62. The summed E-state index contributed by atoms with van der Waals surface area (Å²) in [6.07, 6.45) is -0.928. The number of aromatic amines is 1. The number of carbonyl (C=O) groups is 1. The maximum atomic E-state index is 13.2. The minimum Gasteiger partial charge on any atom is -0.439 e. The number of carbonyl (C=O) groups excluding carboxylic acids is 1. The fraction of sp³-hybridized carbons (Fsp3) is 0.389. The first kappa shape index (κ1) is 19.8. The van der Waals surface area contributed by atoms with Crippen LogP contribution in [-0.2, 0) is 10.9 Å². The van der Waals surface area contributed by atoms with Gasteiger partial charge in [-0.05, 0) is 25.0 Å². The van der Waals surface area contributed by atoms with Gasteiger partial charge in [0.1, 0.15) is 10.6 Å². The van der Waals surface area contributed by atoms with Crippen LogP contribution in [0.2, 0.25) is 0 Å². The van der Waals surface area contributed by atoms with E-state index < -0.39 is 23.6 Å². The van der Waals surface area contributed by atoms with Crippen LogP contribution in [0.4, 0.5) is 23.9 Å². The molecule has 31 heavy (non-hydrogen) atoms. The van der Waals surface area contributed by atoms with Crippen molar-refractivity contribution in [2.24, 2.45) is 0 Å². The molecule has 2 fully saturated rings. The molecule has 162 valence electrons. The Hall–Kier alpha value is -3.09. The summed E-state index contributed by atoms with van der Waals surface area (Å²) in [6, 6.07) is 2.78. The Bertz CT molecular complexity index is 1150. The highest BCUT2D eigenvalue weighted by molar-refractivity contribution is 7.99. The number of alkyl halides is 3. The fourth-order valence-corrected chi connectivity index (χ4v) is 4.64. The zero-order valence-electron chi connectivity index (χ0n) is 15.9. The third-order valence-electron chi connectivity index (χ3n) is 5.13. The molecular formula is C18H16F3N7O2S. The molecule has 3 aromatic heterocycles. The number of nitrogens with zero attached hydrogens (tertiary/aromatic N) is 5. The smallest absolute Gasteiger partial charge is 0.434 e. The number of nitrogens with one attached hydrogen (secondary N) is 2. The number of anilines is 1. The third kappa shape index (κ3) is 3.84. The number of alkyl carbamates (subject to hydrolysis) is 1. The maximum absolute atomic E-state index is 13.2. The minimum atomic E-state index is -4.57. The molecule has 13 heteroatoms. The zero-order valence-corrected chi connectivity index (χ0v) is 16.8. The molecule has 5 heterocycles. The Balaban J connectivity index is 1.39. The monoisotopic (exact) mass is 451 g/mol. The maximum Gasteiger partial charge on any atom is 0.434 e. The van der Waals surface area contributed by atoms with Crippen LogP contribution in [0.25, 0.3) is 11.3 Å². The molecule has 2 aliphatic heterocycles. The Morgan fingerprint density at radius 2 is 2.13 bits per heavy atom. The van der Waals surface area contributed by atoms with Gasteiger partial charge < -0.3 is 19.9 Å². The van der Waals surface area contributed by atoms with Crippen LogP contribution in [0, 0.1) is 0 Å². The van der Waals surface area contributed by atoms with E-state index in [1.54, 1.807) is 0 Å². The summed E-state index contributed by atoms with van der Waals surface area (Å²) in [5.41, 5.74) is -0.853. The number of aromatic nitrogens is 5. The molecule has 1 atom stereocenters. The molecule has 1 unspecified atom stereocenters. The van der Waals surface area contributed by atoms with E-state index >= 15 is 0 Å². The Labute approximate surface area is 177 Å². The SMILES string of the molecule is O=C1NCC2(CCCN(c3nc4nc(Sc5cccnc5C(F)(F)F)cnc4[nH]3)C2)O1. The van der Waals surface area contributed by atoms with Crippen molar-refractivity contribution in [3.8, 4) is 0 Å². The van der Waals surface area contributed by atoms with E-state index in [2.05, 4.69) is 30.2 Å². The first-order valence-electron chi connectivity index (χ1n) is 9.46. The largest absolute Gasteiger partial charge is 0.439 e. The second-order valence-corrected chi connectivity index (χ2v) is 8.40. The van der Waals surface area contributed by atoms with Gasteiger partial charge in [-0.25, -0.2) is 14.8 Å². The average molecular weight is 451 g/mol. The highest BCUT2D eigenvalue weighted by atomic mass is 32.2. The van der Waals surface area contributed by atoms with E-state index in [-0.39, 0.29) is 9.92 Å². The number of H-pyrrole nitrogens is 1. The van der Waals surface area contributed by atoms with E-state index in [4.69, 9.17) is 4.74 Å². The van der Waals surface area contributed by atoms with Crippen LogP contribution in [0.5, 0.6) is 0 Å². The van der Waals surface area contributed by atoms with Crippen molar-refractivity contribution in [3.63, 3.8) is 0 Å². The van der Waals surface area contributed by atoms with Gasteiger partial charge in [0.15, 0.2) is 17.0 Å². The van der Waals surface area contributed by atoms with Crippen molar-refractivity contribution >= 4 is 35.1 Å². The number of hydrogen-bond acceptors (Lipinski definition) is 8. The minimum absolute atomic E-state index is 0.0621. The Morgan fingerprint density at radius 3 is 2.90 bits per heavy atom. The molecule has 1 amide bonds. The van der Waals surface area contributed by atoms with Gasteiger partial charge in [-0.1, -0.05) is 11.8 Å². The summed E-state index contributed by atoms with van der Waals surface area (Å²) >= 11 is 0.827. The van der Waals surface area contributed by atoms with Gasteiger partial charge in [0.2, 0.25) is 5.95 Å². The topological polar surface area (TPSA) is 109 Å². The molecule has 2 saturated heterocycles. The lowest BCUT2D eigenvalue weighted by molar-refractivity contribution is -0.143. The van der Waals surface area contributed by atoms with Crippen molar-refractivity contribution in [1.29, 1.82) is 0 Å². The lowest BCUT2D eigenvalue weighted by atomic mass is 9.93. The Kier molecular flexibility index (Phi) is 4.64. The first-order chi connectivity index (χ1) is 14.8. The lowest BCUT2D eigenvalue weighted by Crippen LogP contribution is -2.50. The predicted octanol–water partition coefficient (Wildman–Crippen LogP) is 3.00. The van der Waals surface area contributed by atoms with Crippen LogP contribution >= 0.6 is 11.8 Å². The normalized spacial score (nSPS) is 21.5. The van der Waals surface area contributed by atoms with E-state index in [0.717, 1.165) is 30.8 Å². The Morgan fingerprint density at radius 1 is 1.26 bits per heavy atom. The van der Waals surface area contributed by atoms with E-state index in [9.17, 15) is 18.0 Å². The summed E-state index contributed by atoms with van der Waals surface area (Å²) in [7, 11) is 0. The molecule has 9 nitrogen and oxygen atoms in total. The van der Waals surface area contributed by atoms with Crippen LogP contribution in [0.15, 0.2) is 34.4 Å². The van der Waals surface area contributed by atoms with Crippen LogP contribution in [0.3, 0.4) is 0 Å². The molecule has 0 saturated carbocycles. The molecule has 1 spiro atoms. The standard InChI is InChI=1S/C18H16F3N7O2S/c19-18(20,21)12-10(3-1-5-22-12)31-11-7-23-13-14(25-11)27-15(26-13)28-6-2-4-17(9-28)8-24-16(29)30-17/h1,3,5,7H,2,4,6,8-9H2,(H,24,29)(H,23,25,26,27). The van der Waals surface area contributed by atoms with Crippen LogP contribution in [0.1, 0.15) is 18.5 Å². The van der Waals surface area contributed by atoms with Crippen molar-refractivity contribution in [3.05, 3.63) is 30.2 Å². The average Bonchev–Trinajstić information content (AvgIpc) is 3.31. The second kappa shape index (κ2) is 7.25. The molecule has 5 rings (SSSR count). The van der Waals surface area contributed by atoms with E-state index in [1.165, 1.54) is 18.3 Å². The van der Waals surface area contributed by atoms with Crippen molar-refractivity contribution in [2.45, 2.75) is 34.5 Å². The van der Waals surface area contributed by atoms with E-state index in [1.807, 2.05) is 4.90 Å². The van der Waals surface area contributed by atoms with Crippen LogP contribution in [-0.4, -0.2) is 56.2 Å². The zero-order chi connectivity index (χ0) is 21.6. The number of rotatable bonds is 3. The van der Waals surface area contributed by atoms with Crippen molar-refractivity contribution in [2.75, 3.05) is 24.5 Å². The summed E-state index contributed by atoms with van der Waals surface area (Å²) in [4.78, 5) is 33.0. The number of halogens is 3. The molecule has 0 aromatic carbocycles. The van der Waals surface area contributed by atoms with Gasteiger partial charge in [-0.15, -0.1) is 0 Å². The number of hydrogen-bond donors (Lipinski definition) is 2. The number of piperidine rings is 1. The molecular weight excluding hydrogens is 435 g/mol. The van der Waals surface area contributed by atoms with Gasteiger partial charge in [0, 0.05) is 17.6 Å². The van der Waals surface area contributed by atoms with Gasteiger partial charge in [0.25, 0.3) is 0 Å². The fourth-order valence-electron chi connectivity index (χ4n) is 3.77. The van der Waals surface area contributed by atoms with Gasteiger partial charge >= 0.3 is 12.3 Å². The molecule has 3 aromatic rings. The number of pyridine rings is 1. The number of fused-ring (bicyclic) bond motifs is 1. The number of ether oxygens (including phenoxy) is 1. The molecule has 2 N–H and O–H groups in total. The summed E-state index contributed by atoms with van der Waals surface area (Å²) < 4.78 is 45.1. The quantitative estimate of drug-likeness (QED) is 0.626. The second-order valence-electron chi connectivity index (χ2n) is 7.34. The number of amides is 1. The van der Waals surface area contributed by atoms with Crippen molar-refractivity contribution in [1.82, 2.24) is 30.2 Å². The van der Waals surface area contributed by atoms with Gasteiger partial charge in [-0.3, -0.25) is 4.98 Å². The summed E-state index contributed by atoms with van der Waals surface area (Å²) in [5, 5.41) is 2.96. The molecule has 0 aliphatic carbocycles. The van der Waals surface area contributed by atoms with E-state index in [0.29, 0.717) is 36.9 Å². The predicted molar refractivity (Wildman–Crippen MR) is 104 cm³/mol. The van der Waals surface area contributed by atoms with Gasteiger partial charge in [0.05, 0.1) is 19.3 Å². The first-order valence-corrected chi connectivity index (χ1v) is 10.3. The van der Waals surface area contributed by atoms with Gasteiger partial charge in [-0.2, -0.15) is 18.2 Å².